The maximum absolute atomic E-state index is 5.69. The summed E-state index contributed by atoms with van der Waals surface area (Å²) in [7, 11) is 0. The van der Waals surface area contributed by atoms with E-state index in [0.29, 0.717) is 6.54 Å². The van der Waals surface area contributed by atoms with Gasteiger partial charge in [0.15, 0.2) is 0 Å². The Hall–Kier alpha value is -4.18. The van der Waals surface area contributed by atoms with Gasteiger partial charge in [-0.05, 0) is 72.9 Å². The third-order valence-electron chi connectivity index (χ3n) is 5.42. The lowest BCUT2D eigenvalue weighted by Crippen LogP contribution is -2.05. The van der Waals surface area contributed by atoms with Gasteiger partial charge in [0.2, 0.25) is 0 Å². The van der Waals surface area contributed by atoms with E-state index >= 15 is 0 Å². The van der Waals surface area contributed by atoms with Gasteiger partial charge in [0.05, 0.1) is 24.6 Å². The van der Waals surface area contributed by atoms with E-state index in [2.05, 4.69) is 95.2 Å². The number of anilines is 1. The Morgan fingerprint density at radius 3 is 1.86 bits per heavy atom. The molecule has 4 aromatic carbocycles. The molecule has 0 bridgehead atoms. The lowest BCUT2D eigenvalue weighted by molar-refractivity contribution is 0.242. The molecule has 0 unspecified atom stereocenters. The van der Waals surface area contributed by atoms with Gasteiger partial charge >= 0.3 is 0 Å². The highest BCUT2D eigenvalue weighted by atomic mass is 16.5. The maximum Gasteiger partial charge on any atom is 0.119 e. The number of benzene rings is 4. The first-order chi connectivity index (χ1) is 17.0. The van der Waals surface area contributed by atoms with Gasteiger partial charge in [-0.25, -0.2) is 0 Å². The van der Waals surface area contributed by atoms with E-state index in [1.807, 2.05) is 50.5 Å². The number of aliphatic imine (C=N–C) groups is 1. The van der Waals surface area contributed by atoms with Crippen molar-refractivity contribution < 1.29 is 4.74 Å². The number of aryl methyl sites for hydroxylation is 1. The van der Waals surface area contributed by atoms with Crippen molar-refractivity contribution >= 4 is 18.1 Å². The quantitative estimate of drug-likeness (QED) is 0.207. The first-order valence-corrected chi connectivity index (χ1v) is 11.9. The molecule has 1 N–H and O–H groups in total. The molecule has 0 spiro atoms. The van der Waals surface area contributed by atoms with Crippen LogP contribution in [0, 0.1) is 6.92 Å². The second kappa shape index (κ2) is 11.8. The summed E-state index contributed by atoms with van der Waals surface area (Å²) in [5.41, 5.74) is 10.9. The molecule has 0 fully saturated rings. The summed E-state index contributed by atoms with van der Waals surface area (Å²) in [5, 5.41) is 4.33. The van der Waals surface area contributed by atoms with Gasteiger partial charge < -0.3 is 4.74 Å². The smallest absolute Gasteiger partial charge is 0.119 e. The van der Waals surface area contributed by atoms with E-state index in [4.69, 9.17) is 4.74 Å². The molecule has 0 aliphatic rings. The Kier molecular flexibility index (Phi) is 8.08. The highest BCUT2D eigenvalue weighted by Crippen LogP contribution is 2.20. The van der Waals surface area contributed by atoms with Crippen molar-refractivity contribution in [2.24, 2.45) is 10.1 Å². The van der Waals surface area contributed by atoms with Gasteiger partial charge in [0, 0.05) is 6.21 Å². The molecule has 4 nitrogen and oxygen atoms in total. The van der Waals surface area contributed by atoms with Crippen molar-refractivity contribution in [2.75, 3.05) is 5.43 Å². The van der Waals surface area contributed by atoms with Crippen molar-refractivity contribution in [1.29, 1.82) is 0 Å². The summed E-state index contributed by atoms with van der Waals surface area (Å²) in [4.78, 5) is 4.58. The Bertz CT molecular complexity index is 1260. The van der Waals surface area contributed by atoms with Crippen molar-refractivity contribution in [3.05, 3.63) is 119 Å². The van der Waals surface area contributed by atoms with Crippen LogP contribution in [0.1, 0.15) is 36.1 Å². The average Bonchev–Trinajstić information content (AvgIpc) is 2.87. The van der Waals surface area contributed by atoms with Crippen LogP contribution in [0.4, 0.5) is 5.69 Å². The molecule has 0 atom stereocenters. The minimum Gasteiger partial charge on any atom is -0.491 e. The first-order valence-electron chi connectivity index (χ1n) is 11.9. The van der Waals surface area contributed by atoms with E-state index in [1.165, 1.54) is 16.7 Å². The minimum atomic E-state index is 0.181. The number of hydrogen-bond donors (Lipinski definition) is 1. The van der Waals surface area contributed by atoms with E-state index in [0.717, 1.165) is 28.1 Å². The Balaban J connectivity index is 1.30. The third kappa shape index (κ3) is 7.41. The zero-order valence-electron chi connectivity index (χ0n) is 20.5. The van der Waals surface area contributed by atoms with Gasteiger partial charge in [0.25, 0.3) is 0 Å². The predicted octanol–water partition coefficient (Wildman–Crippen LogP) is 7.51. The van der Waals surface area contributed by atoms with Crippen molar-refractivity contribution in [3.63, 3.8) is 0 Å². The molecule has 0 saturated heterocycles. The fourth-order valence-electron chi connectivity index (χ4n) is 3.53. The van der Waals surface area contributed by atoms with E-state index in [9.17, 15) is 0 Å². The maximum atomic E-state index is 5.69. The van der Waals surface area contributed by atoms with Gasteiger partial charge in [-0.3, -0.25) is 10.4 Å². The molecule has 4 aromatic rings. The Labute approximate surface area is 208 Å². The number of nitrogens with zero attached hydrogens (tertiary/aromatic N) is 2. The van der Waals surface area contributed by atoms with Crippen molar-refractivity contribution in [2.45, 2.75) is 33.4 Å². The average molecular weight is 462 g/mol. The number of ether oxygens (including phenoxy) is 1. The molecule has 0 radical (unpaired) electrons. The van der Waals surface area contributed by atoms with Crippen LogP contribution in [0.5, 0.6) is 5.75 Å². The molecular formula is C31H31N3O. The number of hydrogen-bond acceptors (Lipinski definition) is 4. The van der Waals surface area contributed by atoms with Crippen LogP contribution in [0.2, 0.25) is 0 Å². The standard InChI is InChI=1S/C31H31N3O/c1-23(2)35-31-18-10-26(11-19-31)21-32-20-25-6-12-28(13-7-25)29-14-8-27(9-15-29)22-33-34-30-16-4-24(3)5-17-30/h4-20,22-23,34H,21H2,1-3H3/b32-20?,33-22+. The van der Waals surface area contributed by atoms with Crippen LogP contribution in [0.3, 0.4) is 0 Å². The fraction of sp³-hybridized carbons (Fsp3) is 0.161. The number of nitrogens with one attached hydrogen (secondary N) is 1. The summed E-state index contributed by atoms with van der Waals surface area (Å²) < 4.78 is 5.69. The second-order valence-electron chi connectivity index (χ2n) is 8.76. The predicted molar refractivity (Wildman–Crippen MR) is 148 cm³/mol. The number of rotatable bonds is 9. The molecule has 0 saturated carbocycles. The lowest BCUT2D eigenvalue weighted by Gasteiger charge is -2.09. The van der Waals surface area contributed by atoms with Crippen LogP contribution in [-0.4, -0.2) is 18.5 Å². The van der Waals surface area contributed by atoms with Crippen LogP contribution in [-0.2, 0) is 6.54 Å². The van der Waals surface area contributed by atoms with Crippen LogP contribution >= 0.6 is 0 Å². The Morgan fingerprint density at radius 1 is 0.714 bits per heavy atom. The van der Waals surface area contributed by atoms with E-state index < -0.39 is 0 Å². The van der Waals surface area contributed by atoms with Crippen LogP contribution in [0.15, 0.2) is 107 Å². The fourth-order valence-corrected chi connectivity index (χ4v) is 3.53. The van der Waals surface area contributed by atoms with Gasteiger partial charge in [-0.15, -0.1) is 0 Å². The highest BCUT2D eigenvalue weighted by Gasteiger charge is 2.00. The van der Waals surface area contributed by atoms with Crippen molar-refractivity contribution in [1.82, 2.24) is 0 Å². The summed E-state index contributed by atoms with van der Waals surface area (Å²) in [5.74, 6) is 0.891. The molecule has 176 valence electrons. The monoisotopic (exact) mass is 461 g/mol. The molecule has 4 heteroatoms. The highest BCUT2D eigenvalue weighted by molar-refractivity contribution is 5.83. The topological polar surface area (TPSA) is 46.0 Å². The molecule has 0 heterocycles. The van der Waals surface area contributed by atoms with Gasteiger partial charge in [-0.1, -0.05) is 78.4 Å². The van der Waals surface area contributed by atoms with Gasteiger partial charge in [-0.2, -0.15) is 5.10 Å². The summed E-state index contributed by atoms with van der Waals surface area (Å²) in [6.07, 6.45) is 3.93. The third-order valence-corrected chi connectivity index (χ3v) is 5.42. The van der Waals surface area contributed by atoms with Crippen molar-refractivity contribution in [3.8, 4) is 16.9 Å². The van der Waals surface area contributed by atoms with E-state index in [1.54, 1.807) is 0 Å². The second-order valence-corrected chi connectivity index (χ2v) is 8.76. The van der Waals surface area contributed by atoms with Crippen LogP contribution < -0.4 is 10.2 Å². The lowest BCUT2D eigenvalue weighted by atomic mass is 10.0. The molecule has 0 aromatic heterocycles. The molecule has 35 heavy (non-hydrogen) atoms. The molecule has 4 rings (SSSR count). The largest absolute Gasteiger partial charge is 0.491 e. The first kappa shape index (κ1) is 24.0. The summed E-state index contributed by atoms with van der Waals surface area (Å²) >= 11 is 0. The SMILES string of the molecule is Cc1ccc(N/N=C/c2ccc(-c3ccc(C=NCc4ccc(OC(C)C)cc4)cc3)cc2)cc1. The molecule has 0 amide bonds. The Morgan fingerprint density at radius 2 is 1.29 bits per heavy atom. The normalized spacial score (nSPS) is 11.4. The molecular weight excluding hydrogens is 430 g/mol. The molecule has 0 aliphatic carbocycles. The molecule has 0 aliphatic heterocycles. The summed E-state index contributed by atoms with van der Waals surface area (Å²) in [6.45, 7) is 6.77. The van der Waals surface area contributed by atoms with Crippen LogP contribution in [0.25, 0.3) is 11.1 Å². The van der Waals surface area contributed by atoms with E-state index in [-0.39, 0.29) is 6.10 Å². The zero-order chi connectivity index (χ0) is 24.5. The summed E-state index contributed by atoms with van der Waals surface area (Å²) in [6, 6.07) is 33.1. The minimum absolute atomic E-state index is 0.181. The number of hydrazone groups is 1. The van der Waals surface area contributed by atoms with Gasteiger partial charge in [0.1, 0.15) is 5.75 Å². The zero-order valence-corrected chi connectivity index (χ0v) is 20.5.